The molecule has 3 amide bonds. The maximum atomic E-state index is 13.7. The van der Waals surface area contributed by atoms with Crippen LogP contribution in [0.1, 0.15) is 56.0 Å². The number of nitrogens with zero attached hydrogens (tertiary/aromatic N) is 4. The minimum atomic E-state index is -0.477. The van der Waals surface area contributed by atoms with Crippen LogP contribution in [0.3, 0.4) is 0 Å². The quantitative estimate of drug-likeness (QED) is 0.118. The number of anilines is 3. The van der Waals surface area contributed by atoms with E-state index < -0.39 is 5.91 Å². The van der Waals surface area contributed by atoms with Gasteiger partial charge >= 0.3 is 0 Å². The van der Waals surface area contributed by atoms with Crippen LogP contribution < -0.4 is 25.4 Å². The van der Waals surface area contributed by atoms with Crippen molar-refractivity contribution in [2.45, 2.75) is 27.7 Å². The number of amides is 3. The van der Waals surface area contributed by atoms with Crippen LogP contribution in [0.25, 0.3) is 0 Å². The molecule has 0 saturated heterocycles. The van der Waals surface area contributed by atoms with Crippen LogP contribution >= 0.6 is 0 Å². The van der Waals surface area contributed by atoms with Gasteiger partial charge in [-0.1, -0.05) is 32.0 Å². The molecule has 0 spiro atoms. The maximum absolute atomic E-state index is 13.7. The van der Waals surface area contributed by atoms with Gasteiger partial charge in [-0.2, -0.15) is 4.98 Å². The molecule has 0 aliphatic rings. The number of carbonyl (C=O) groups excluding carboxylic acids is 3. The predicted molar refractivity (Wildman–Crippen MR) is 198 cm³/mol. The van der Waals surface area contributed by atoms with E-state index in [1.165, 1.54) is 19.4 Å². The van der Waals surface area contributed by atoms with Gasteiger partial charge in [-0.3, -0.25) is 14.4 Å². The standard InChI is InChI=1S/C38H47N7O6/c1-8-45(9-2)21-20-44(5)37(48)27-13-16-29(17-14-27)41-38-40-24-30(35(47)42-33-25(3)11-10-12-26(33)4)36(43-38)51-31-18-15-28(23-32(31)50-7)34(46)39-19-22-49-6/h10-18,23-24H,8-9,19-22H2,1-7H3,(H,39,46)(H,42,47)(H,40,41,43). The van der Waals surface area contributed by atoms with Crippen molar-refractivity contribution in [1.82, 2.24) is 25.1 Å². The number of carbonyl (C=O) groups is 3. The van der Waals surface area contributed by atoms with Crippen LogP contribution in [0, 0.1) is 13.8 Å². The number of ether oxygens (including phenoxy) is 3. The van der Waals surface area contributed by atoms with E-state index in [0.29, 0.717) is 42.2 Å². The monoisotopic (exact) mass is 697 g/mol. The third-order valence-electron chi connectivity index (χ3n) is 8.32. The van der Waals surface area contributed by atoms with Crippen molar-refractivity contribution in [3.05, 3.63) is 94.7 Å². The van der Waals surface area contributed by atoms with E-state index in [2.05, 4.69) is 44.7 Å². The Labute approximate surface area is 299 Å². The van der Waals surface area contributed by atoms with Crippen LogP contribution in [0.2, 0.25) is 0 Å². The van der Waals surface area contributed by atoms with E-state index in [1.54, 1.807) is 55.5 Å². The molecule has 4 rings (SSSR count). The number of nitrogens with one attached hydrogen (secondary N) is 3. The zero-order chi connectivity index (χ0) is 36.9. The smallest absolute Gasteiger partial charge is 0.262 e. The molecule has 51 heavy (non-hydrogen) atoms. The molecule has 1 heterocycles. The minimum absolute atomic E-state index is 0.0477. The normalized spacial score (nSPS) is 10.8. The highest BCUT2D eigenvalue weighted by atomic mass is 16.5. The van der Waals surface area contributed by atoms with E-state index in [0.717, 1.165) is 30.8 Å². The van der Waals surface area contributed by atoms with Gasteiger partial charge in [0.05, 0.1) is 13.7 Å². The summed E-state index contributed by atoms with van der Waals surface area (Å²) in [6.07, 6.45) is 1.38. The molecule has 1 aromatic heterocycles. The average molecular weight is 698 g/mol. The number of hydrogen-bond donors (Lipinski definition) is 3. The van der Waals surface area contributed by atoms with Gasteiger partial charge in [0.15, 0.2) is 11.5 Å². The van der Waals surface area contributed by atoms with Crippen molar-refractivity contribution in [3.8, 4) is 17.4 Å². The van der Waals surface area contributed by atoms with Crippen LogP contribution in [0.15, 0.2) is 66.9 Å². The summed E-state index contributed by atoms with van der Waals surface area (Å²) < 4.78 is 16.8. The maximum Gasteiger partial charge on any atom is 0.262 e. The van der Waals surface area contributed by atoms with Gasteiger partial charge in [0.25, 0.3) is 17.7 Å². The molecule has 0 aliphatic carbocycles. The zero-order valence-corrected chi connectivity index (χ0v) is 30.3. The number of para-hydroxylation sites is 1. The fourth-order valence-electron chi connectivity index (χ4n) is 5.20. The second kappa shape index (κ2) is 18.5. The number of benzene rings is 3. The highest BCUT2D eigenvalue weighted by Crippen LogP contribution is 2.34. The van der Waals surface area contributed by atoms with E-state index in [-0.39, 0.29) is 40.7 Å². The summed E-state index contributed by atoms with van der Waals surface area (Å²) in [5, 5.41) is 8.87. The Morgan fingerprint density at radius 3 is 2.18 bits per heavy atom. The zero-order valence-electron chi connectivity index (χ0n) is 30.3. The third-order valence-corrected chi connectivity index (χ3v) is 8.32. The molecule has 0 fully saturated rings. The molecule has 0 radical (unpaired) electrons. The molecule has 0 saturated carbocycles. The lowest BCUT2D eigenvalue weighted by Crippen LogP contribution is -2.36. The topological polar surface area (TPSA) is 147 Å². The van der Waals surface area contributed by atoms with Gasteiger partial charge in [-0.15, -0.1) is 0 Å². The fraction of sp³-hybridized carbons (Fsp3) is 0.342. The molecule has 13 nitrogen and oxygen atoms in total. The van der Waals surface area contributed by atoms with Crippen molar-refractivity contribution in [3.63, 3.8) is 0 Å². The Balaban J connectivity index is 1.60. The average Bonchev–Trinajstić information content (AvgIpc) is 3.13. The summed E-state index contributed by atoms with van der Waals surface area (Å²) in [5.41, 5.74) is 4.05. The Morgan fingerprint density at radius 2 is 1.53 bits per heavy atom. The molecule has 0 atom stereocenters. The lowest BCUT2D eigenvalue weighted by Gasteiger charge is -2.23. The van der Waals surface area contributed by atoms with Gasteiger partial charge < -0.3 is 40.0 Å². The highest BCUT2D eigenvalue weighted by molar-refractivity contribution is 6.06. The van der Waals surface area contributed by atoms with Gasteiger partial charge in [0.1, 0.15) is 5.56 Å². The van der Waals surface area contributed by atoms with Crippen LogP contribution in [0.5, 0.6) is 17.4 Å². The first-order valence-electron chi connectivity index (χ1n) is 16.8. The molecular weight excluding hydrogens is 650 g/mol. The first-order chi connectivity index (χ1) is 24.6. The molecule has 4 aromatic rings. The first-order valence-corrected chi connectivity index (χ1v) is 16.8. The van der Waals surface area contributed by atoms with E-state index in [1.807, 2.05) is 32.0 Å². The number of methoxy groups -OCH3 is 2. The van der Waals surface area contributed by atoms with Gasteiger partial charge in [0, 0.05) is 62.5 Å². The highest BCUT2D eigenvalue weighted by Gasteiger charge is 2.21. The van der Waals surface area contributed by atoms with Crippen molar-refractivity contribution < 1.29 is 28.6 Å². The molecule has 3 N–H and O–H groups in total. The Morgan fingerprint density at radius 1 is 0.843 bits per heavy atom. The van der Waals surface area contributed by atoms with Crippen LogP contribution in [-0.4, -0.2) is 98.1 Å². The van der Waals surface area contributed by atoms with Crippen molar-refractivity contribution in [2.24, 2.45) is 0 Å². The third kappa shape index (κ3) is 10.2. The van der Waals surface area contributed by atoms with Crippen molar-refractivity contribution >= 4 is 35.0 Å². The summed E-state index contributed by atoms with van der Waals surface area (Å²) in [7, 11) is 4.80. The molecule has 0 bridgehead atoms. The van der Waals surface area contributed by atoms with Crippen LogP contribution in [-0.2, 0) is 4.74 Å². The number of hydrogen-bond acceptors (Lipinski definition) is 10. The molecule has 270 valence electrons. The van der Waals surface area contributed by atoms with Crippen LogP contribution in [0.4, 0.5) is 17.3 Å². The van der Waals surface area contributed by atoms with Gasteiger partial charge in [0.2, 0.25) is 11.8 Å². The van der Waals surface area contributed by atoms with Crippen molar-refractivity contribution in [1.29, 1.82) is 0 Å². The van der Waals surface area contributed by atoms with Crippen molar-refractivity contribution in [2.75, 3.05) is 71.2 Å². The number of aryl methyl sites for hydroxylation is 2. The van der Waals surface area contributed by atoms with E-state index >= 15 is 0 Å². The molecule has 0 aliphatic heterocycles. The predicted octanol–water partition coefficient (Wildman–Crippen LogP) is 5.68. The molecule has 0 unspecified atom stereocenters. The largest absolute Gasteiger partial charge is 0.493 e. The number of aromatic nitrogens is 2. The number of rotatable bonds is 17. The fourth-order valence-corrected chi connectivity index (χ4v) is 5.20. The second-order valence-corrected chi connectivity index (χ2v) is 11.8. The van der Waals surface area contributed by atoms with E-state index in [9.17, 15) is 14.4 Å². The second-order valence-electron chi connectivity index (χ2n) is 11.8. The molecular formula is C38H47N7O6. The SMILES string of the molecule is CCN(CC)CCN(C)C(=O)c1ccc(Nc2ncc(C(=O)Nc3c(C)cccc3C)c(Oc3ccc(C(=O)NCCOC)cc3OC)n2)cc1. The lowest BCUT2D eigenvalue weighted by molar-refractivity contribution is 0.0779. The summed E-state index contributed by atoms with van der Waals surface area (Å²) >= 11 is 0. The minimum Gasteiger partial charge on any atom is -0.493 e. The summed E-state index contributed by atoms with van der Waals surface area (Å²) in [4.78, 5) is 52.3. The molecule has 3 aromatic carbocycles. The van der Waals surface area contributed by atoms with Gasteiger partial charge in [-0.25, -0.2) is 4.98 Å². The summed E-state index contributed by atoms with van der Waals surface area (Å²) in [5.74, 6) is -0.276. The Hall–Kier alpha value is -5.53. The van der Waals surface area contributed by atoms with E-state index in [4.69, 9.17) is 14.2 Å². The summed E-state index contributed by atoms with van der Waals surface area (Å²) in [6, 6.07) is 17.4. The Bertz CT molecular complexity index is 1790. The number of likely N-dealkylation sites (N-methyl/N-ethyl adjacent to an activating group) is 2. The van der Waals surface area contributed by atoms with Gasteiger partial charge in [-0.05, 0) is 80.5 Å². The summed E-state index contributed by atoms with van der Waals surface area (Å²) in [6.45, 7) is 12.0. The first kappa shape index (κ1) is 38.3. The Kier molecular flexibility index (Phi) is 13.9. The lowest BCUT2D eigenvalue weighted by atomic mass is 10.1. The molecule has 13 heteroatoms.